The number of nitrogens with one attached hydrogen (secondary N) is 2. The van der Waals surface area contributed by atoms with Gasteiger partial charge in [0, 0.05) is 31.9 Å². The van der Waals surface area contributed by atoms with Gasteiger partial charge in [-0.1, -0.05) is 6.42 Å². The number of aromatic nitrogens is 1. The van der Waals surface area contributed by atoms with Crippen LogP contribution in [0.3, 0.4) is 0 Å². The predicted molar refractivity (Wildman–Crippen MR) is 88.1 cm³/mol. The van der Waals surface area contributed by atoms with E-state index in [1.165, 1.54) is 37.7 Å². The fourth-order valence-corrected chi connectivity index (χ4v) is 2.78. The highest BCUT2D eigenvalue weighted by Crippen LogP contribution is 2.22. The number of pyridine rings is 1. The van der Waals surface area contributed by atoms with Gasteiger partial charge in [0.15, 0.2) is 5.96 Å². The third-order valence-corrected chi connectivity index (χ3v) is 4.24. The fourth-order valence-electron chi connectivity index (χ4n) is 2.78. The van der Waals surface area contributed by atoms with Crippen molar-refractivity contribution in [2.75, 3.05) is 7.05 Å². The van der Waals surface area contributed by atoms with Crippen molar-refractivity contribution in [1.82, 2.24) is 15.6 Å². The lowest BCUT2D eigenvalue weighted by Gasteiger charge is -2.22. The standard InChI is InChI=1S/C17H26N4O/c1-18-17(21-14-7-8-14)20-12-13-9-10-19-16(11-13)22-15-5-3-2-4-6-15/h9-11,14-15H,2-8,12H2,1H3,(H2,18,20,21). The van der Waals surface area contributed by atoms with Gasteiger partial charge in [0.2, 0.25) is 5.88 Å². The van der Waals surface area contributed by atoms with Crippen molar-refractivity contribution < 1.29 is 4.74 Å². The Hall–Kier alpha value is -1.78. The van der Waals surface area contributed by atoms with Crippen molar-refractivity contribution in [2.45, 2.75) is 63.6 Å². The van der Waals surface area contributed by atoms with Gasteiger partial charge >= 0.3 is 0 Å². The van der Waals surface area contributed by atoms with Gasteiger partial charge in [-0.2, -0.15) is 0 Å². The van der Waals surface area contributed by atoms with E-state index >= 15 is 0 Å². The van der Waals surface area contributed by atoms with Gasteiger partial charge in [-0.05, 0) is 50.2 Å². The molecule has 22 heavy (non-hydrogen) atoms. The van der Waals surface area contributed by atoms with Crippen LogP contribution >= 0.6 is 0 Å². The van der Waals surface area contributed by atoms with Gasteiger partial charge in [0.1, 0.15) is 6.10 Å². The van der Waals surface area contributed by atoms with Crippen LogP contribution in [0.25, 0.3) is 0 Å². The molecular formula is C17H26N4O. The molecule has 0 bridgehead atoms. The number of guanidine groups is 1. The summed E-state index contributed by atoms with van der Waals surface area (Å²) in [7, 11) is 1.81. The third-order valence-electron chi connectivity index (χ3n) is 4.24. The molecule has 1 heterocycles. The van der Waals surface area contributed by atoms with Crippen molar-refractivity contribution in [3.63, 3.8) is 0 Å². The maximum atomic E-state index is 6.02. The summed E-state index contributed by atoms with van der Waals surface area (Å²) in [4.78, 5) is 8.59. The number of aliphatic imine (C=N–C) groups is 1. The van der Waals surface area contributed by atoms with E-state index in [9.17, 15) is 0 Å². The first-order valence-corrected chi connectivity index (χ1v) is 8.42. The third kappa shape index (κ3) is 4.61. The molecule has 120 valence electrons. The van der Waals surface area contributed by atoms with Crippen LogP contribution in [-0.2, 0) is 6.54 Å². The molecule has 1 aromatic rings. The minimum Gasteiger partial charge on any atom is -0.474 e. The Kier molecular flexibility index (Phi) is 5.14. The molecule has 0 amide bonds. The Bertz CT molecular complexity index is 507. The molecule has 0 aliphatic heterocycles. The first-order valence-electron chi connectivity index (χ1n) is 8.42. The molecule has 2 aliphatic rings. The van der Waals surface area contributed by atoms with E-state index in [2.05, 4.69) is 20.6 Å². The summed E-state index contributed by atoms with van der Waals surface area (Å²) >= 11 is 0. The Morgan fingerprint density at radius 3 is 2.82 bits per heavy atom. The Balaban J connectivity index is 1.51. The molecule has 2 aliphatic carbocycles. The van der Waals surface area contributed by atoms with E-state index in [0.29, 0.717) is 12.1 Å². The molecule has 0 aromatic carbocycles. The molecular weight excluding hydrogens is 276 g/mol. The first-order chi connectivity index (χ1) is 10.8. The number of nitrogens with zero attached hydrogens (tertiary/aromatic N) is 2. The molecule has 0 spiro atoms. The minimum absolute atomic E-state index is 0.341. The van der Waals surface area contributed by atoms with Gasteiger partial charge in [-0.25, -0.2) is 4.98 Å². The molecule has 2 fully saturated rings. The Morgan fingerprint density at radius 2 is 2.09 bits per heavy atom. The van der Waals surface area contributed by atoms with E-state index in [4.69, 9.17) is 4.74 Å². The van der Waals surface area contributed by atoms with Gasteiger partial charge in [-0.3, -0.25) is 4.99 Å². The maximum Gasteiger partial charge on any atom is 0.213 e. The quantitative estimate of drug-likeness (QED) is 0.648. The molecule has 0 saturated heterocycles. The van der Waals surface area contributed by atoms with Crippen LogP contribution in [0.15, 0.2) is 23.3 Å². The Labute approximate surface area is 132 Å². The molecule has 1 aromatic heterocycles. The highest BCUT2D eigenvalue weighted by Gasteiger charge is 2.22. The van der Waals surface area contributed by atoms with Crippen LogP contribution < -0.4 is 15.4 Å². The zero-order chi connectivity index (χ0) is 15.2. The number of hydrogen-bond donors (Lipinski definition) is 2. The Morgan fingerprint density at radius 1 is 1.27 bits per heavy atom. The summed E-state index contributed by atoms with van der Waals surface area (Å²) in [5, 5.41) is 6.73. The summed E-state index contributed by atoms with van der Waals surface area (Å²) in [6.45, 7) is 0.732. The predicted octanol–water partition coefficient (Wildman–Crippen LogP) is 2.62. The maximum absolute atomic E-state index is 6.02. The highest BCUT2D eigenvalue weighted by molar-refractivity contribution is 5.80. The average molecular weight is 302 g/mol. The van der Waals surface area contributed by atoms with Crippen LogP contribution in [0.5, 0.6) is 5.88 Å². The molecule has 3 rings (SSSR count). The van der Waals surface area contributed by atoms with Crippen molar-refractivity contribution >= 4 is 5.96 Å². The van der Waals surface area contributed by atoms with E-state index < -0.39 is 0 Å². The smallest absolute Gasteiger partial charge is 0.213 e. The highest BCUT2D eigenvalue weighted by atomic mass is 16.5. The molecule has 2 saturated carbocycles. The van der Waals surface area contributed by atoms with Gasteiger partial charge in [0.25, 0.3) is 0 Å². The molecule has 0 atom stereocenters. The van der Waals surface area contributed by atoms with Crippen LogP contribution in [0.4, 0.5) is 0 Å². The SMILES string of the molecule is CN=C(NCc1ccnc(OC2CCCCC2)c1)NC1CC1. The molecule has 5 nitrogen and oxygen atoms in total. The van der Waals surface area contributed by atoms with E-state index in [1.807, 2.05) is 25.4 Å². The zero-order valence-electron chi connectivity index (χ0n) is 13.3. The van der Waals surface area contributed by atoms with Crippen molar-refractivity contribution in [2.24, 2.45) is 4.99 Å². The first kappa shape index (κ1) is 15.1. The molecule has 0 unspecified atom stereocenters. The normalized spacial score (nSPS) is 19.8. The van der Waals surface area contributed by atoms with Crippen LogP contribution in [0.1, 0.15) is 50.5 Å². The summed E-state index contributed by atoms with van der Waals surface area (Å²) in [6, 6.07) is 4.66. The zero-order valence-corrected chi connectivity index (χ0v) is 13.3. The molecule has 0 radical (unpaired) electrons. The number of hydrogen-bond acceptors (Lipinski definition) is 3. The largest absolute Gasteiger partial charge is 0.474 e. The lowest BCUT2D eigenvalue weighted by atomic mass is 9.98. The second-order valence-electron chi connectivity index (χ2n) is 6.22. The van der Waals surface area contributed by atoms with E-state index in [0.717, 1.165) is 31.2 Å². The fraction of sp³-hybridized carbons (Fsp3) is 0.647. The summed E-state index contributed by atoms with van der Waals surface area (Å²) in [6.07, 6.45) is 10.9. The summed E-state index contributed by atoms with van der Waals surface area (Å²) in [5.41, 5.74) is 1.17. The van der Waals surface area contributed by atoms with Gasteiger partial charge < -0.3 is 15.4 Å². The van der Waals surface area contributed by atoms with E-state index in [1.54, 1.807) is 0 Å². The second kappa shape index (κ2) is 7.47. The monoisotopic (exact) mass is 302 g/mol. The summed E-state index contributed by atoms with van der Waals surface area (Å²) < 4.78 is 6.02. The minimum atomic E-state index is 0.341. The second-order valence-corrected chi connectivity index (χ2v) is 6.22. The van der Waals surface area contributed by atoms with Crippen LogP contribution in [0, 0.1) is 0 Å². The van der Waals surface area contributed by atoms with Crippen molar-refractivity contribution in [3.8, 4) is 5.88 Å². The lowest BCUT2D eigenvalue weighted by molar-refractivity contribution is 0.148. The number of ether oxygens (including phenoxy) is 1. The van der Waals surface area contributed by atoms with Crippen molar-refractivity contribution in [1.29, 1.82) is 0 Å². The lowest BCUT2D eigenvalue weighted by Crippen LogP contribution is -2.38. The van der Waals surface area contributed by atoms with Gasteiger partial charge in [0.05, 0.1) is 0 Å². The average Bonchev–Trinajstić information content (AvgIpc) is 3.37. The van der Waals surface area contributed by atoms with Crippen LogP contribution in [-0.4, -0.2) is 30.1 Å². The number of rotatable bonds is 5. The van der Waals surface area contributed by atoms with E-state index in [-0.39, 0.29) is 0 Å². The van der Waals surface area contributed by atoms with Crippen molar-refractivity contribution in [3.05, 3.63) is 23.9 Å². The summed E-state index contributed by atoms with van der Waals surface area (Å²) in [5.74, 6) is 1.62. The van der Waals surface area contributed by atoms with Crippen LogP contribution in [0.2, 0.25) is 0 Å². The topological polar surface area (TPSA) is 58.5 Å². The molecule has 2 N–H and O–H groups in total. The van der Waals surface area contributed by atoms with Gasteiger partial charge in [-0.15, -0.1) is 0 Å². The molecule has 5 heteroatoms.